The smallest absolute Gasteiger partial charge is 0.325 e. The van der Waals surface area contributed by atoms with Crippen molar-refractivity contribution >= 4 is 23.3 Å². The zero-order chi connectivity index (χ0) is 19.5. The number of rotatable bonds is 9. The molecule has 1 aliphatic heterocycles. The van der Waals surface area contributed by atoms with Crippen LogP contribution in [0.4, 0.5) is 0 Å². The second kappa shape index (κ2) is 11.9. The van der Waals surface area contributed by atoms with Crippen LogP contribution in [0.25, 0.3) is 0 Å². The molecule has 0 aliphatic carbocycles. The molecule has 2 rings (SSSR count). The molecule has 0 unspecified atom stereocenters. The number of benzene rings is 1. The first-order chi connectivity index (χ1) is 13.1. The highest BCUT2D eigenvalue weighted by Gasteiger charge is 2.14. The van der Waals surface area contributed by atoms with E-state index in [0.29, 0.717) is 11.7 Å². The van der Waals surface area contributed by atoms with Gasteiger partial charge in [-0.15, -0.1) is 0 Å². The molecule has 0 radical (unpaired) electrons. The van der Waals surface area contributed by atoms with Crippen molar-refractivity contribution < 1.29 is 14.3 Å². The van der Waals surface area contributed by atoms with Crippen LogP contribution >= 0.6 is 12.2 Å². The lowest BCUT2D eigenvalue weighted by Crippen LogP contribution is -2.43. The normalized spacial score (nSPS) is 14.6. The third-order valence-electron chi connectivity index (χ3n) is 4.44. The van der Waals surface area contributed by atoms with Gasteiger partial charge >= 0.3 is 5.97 Å². The molecule has 1 N–H and O–H groups in total. The highest BCUT2D eigenvalue weighted by Crippen LogP contribution is 2.09. The molecule has 0 amide bonds. The van der Waals surface area contributed by atoms with Gasteiger partial charge in [0.2, 0.25) is 0 Å². The minimum absolute atomic E-state index is 0.0977. The first-order valence-corrected chi connectivity index (χ1v) is 10.0. The number of carbonyl (C=O) groups excluding carboxylic acids is 1. The Morgan fingerprint density at radius 2 is 2.15 bits per heavy atom. The van der Waals surface area contributed by atoms with Crippen LogP contribution in [0.1, 0.15) is 24.5 Å². The number of hydrogen-bond acceptors (Lipinski definition) is 5. The Labute approximate surface area is 167 Å². The van der Waals surface area contributed by atoms with Crippen molar-refractivity contribution in [1.82, 2.24) is 15.1 Å². The number of nitrogens with one attached hydrogen (secondary N) is 1. The van der Waals surface area contributed by atoms with Crippen LogP contribution in [0.15, 0.2) is 24.3 Å². The molecule has 1 aromatic rings. The van der Waals surface area contributed by atoms with Crippen LogP contribution in [0, 0.1) is 6.92 Å². The predicted octanol–water partition coefficient (Wildman–Crippen LogP) is 1.96. The summed E-state index contributed by atoms with van der Waals surface area (Å²) in [6, 6.07) is 8.42. The lowest BCUT2D eigenvalue weighted by Gasteiger charge is -2.29. The molecule has 1 aromatic carbocycles. The molecule has 1 heterocycles. The minimum Gasteiger partial charge on any atom is -0.465 e. The van der Waals surface area contributed by atoms with Gasteiger partial charge in [0.15, 0.2) is 5.11 Å². The molecular formula is C20H31N3O3S. The third kappa shape index (κ3) is 8.24. The largest absolute Gasteiger partial charge is 0.465 e. The highest BCUT2D eigenvalue weighted by atomic mass is 32.1. The summed E-state index contributed by atoms with van der Waals surface area (Å²) in [7, 11) is 0. The number of hydrogen-bond donors (Lipinski definition) is 1. The van der Waals surface area contributed by atoms with E-state index in [2.05, 4.69) is 46.3 Å². The fraction of sp³-hybridized carbons (Fsp3) is 0.600. The quantitative estimate of drug-likeness (QED) is 0.508. The lowest BCUT2D eigenvalue weighted by molar-refractivity contribution is -0.141. The molecule has 0 bridgehead atoms. The highest BCUT2D eigenvalue weighted by molar-refractivity contribution is 7.80. The molecule has 0 aromatic heterocycles. The molecule has 0 atom stereocenters. The van der Waals surface area contributed by atoms with Gasteiger partial charge in [-0.3, -0.25) is 9.69 Å². The average molecular weight is 394 g/mol. The summed E-state index contributed by atoms with van der Waals surface area (Å²) in [5.74, 6) is -0.288. The molecule has 0 spiro atoms. The van der Waals surface area contributed by atoms with Crippen LogP contribution in [-0.2, 0) is 20.8 Å². The van der Waals surface area contributed by atoms with Crippen molar-refractivity contribution in [2.45, 2.75) is 26.8 Å². The maximum atomic E-state index is 11.6. The van der Waals surface area contributed by atoms with Crippen LogP contribution < -0.4 is 5.32 Å². The van der Waals surface area contributed by atoms with E-state index in [1.807, 2.05) is 0 Å². The number of carbonyl (C=O) groups is 1. The summed E-state index contributed by atoms with van der Waals surface area (Å²) in [6.07, 6.45) is 1.01. The molecule has 7 heteroatoms. The average Bonchev–Trinajstić information content (AvgIpc) is 2.66. The SMILES string of the molecule is CCOC(=O)CNC(=S)N(CCCN1CCOCC1)Cc1cccc(C)c1. The standard InChI is InChI=1S/C20H31N3O3S/c1-3-26-19(24)15-21-20(27)23(16-18-7-4-6-17(2)14-18)9-5-8-22-10-12-25-13-11-22/h4,6-7,14H,3,5,8-13,15-16H2,1-2H3,(H,21,27). The van der Waals surface area contributed by atoms with E-state index >= 15 is 0 Å². The van der Waals surface area contributed by atoms with Gasteiger partial charge in [-0.2, -0.15) is 0 Å². The van der Waals surface area contributed by atoms with Gasteiger partial charge in [-0.05, 0) is 38.0 Å². The van der Waals surface area contributed by atoms with Gasteiger partial charge < -0.3 is 19.7 Å². The van der Waals surface area contributed by atoms with Crippen molar-refractivity contribution in [3.05, 3.63) is 35.4 Å². The Kier molecular flexibility index (Phi) is 9.52. The summed E-state index contributed by atoms with van der Waals surface area (Å²) in [4.78, 5) is 16.2. The molecule has 1 fully saturated rings. The Hall–Kier alpha value is -1.70. The Balaban J connectivity index is 1.89. The van der Waals surface area contributed by atoms with E-state index < -0.39 is 0 Å². The molecule has 1 aliphatic rings. The van der Waals surface area contributed by atoms with E-state index in [4.69, 9.17) is 21.7 Å². The van der Waals surface area contributed by atoms with E-state index in [-0.39, 0.29) is 12.5 Å². The van der Waals surface area contributed by atoms with Gasteiger partial charge in [0.05, 0.1) is 19.8 Å². The first-order valence-electron chi connectivity index (χ1n) is 9.62. The van der Waals surface area contributed by atoms with Gasteiger partial charge in [0.1, 0.15) is 6.54 Å². The number of thiocarbonyl (C=S) groups is 1. The number of nitrogens with zero attached hydrogens (tertiary/aromatic N) is 2. The number of aryl methyl sites for hydroxylation is 1. The fourth-order valence-corrected chi connectivity index (χ4v) is 3.29. The third-order valence-corrected chi connectivity index (χ3v) is 4.84. The zero-order valence-electron chi connectivity index (χ0n) is 16.4. The summed E-state index contributed by atoms with van der Waals surface area (Å²) < 4.78 is 10.4. The van der Waals surface area contributed by atoms with Crippen molar-refractivity contribution in [3.8, 4) is 0 Å². The summed E-state index contributed by atoms with van der Waals surface area (Å²) in [6.45, 7) is 10.5. The van der Waals surface area contributed by atoms with Crippen LogP contribution in [0.2, 0.25) is 0 Å². The monoisotopic (exact) mass is 393 g/mol. The Bertz CT molecular complexity index is 606. The van der Waals surface area contributed by atoms with Gasteiger partial charge in [0, 0.05) is 32.7 Å². The summed E-state index contributed by atoms with van der Waals surface area (Å²) in [5.41, 5.74) is 2.44. The van der Waals surface area contributed by atoms with Gasteiger partial charge in [0.25, 0.3) is 0 Å². The minimum atomic E-state index is -0.288. The number of ether oxygens (including phenoxy) is 2. The van der Waals surface area contributed by atoms with Crippen molar-refractivity contribution in [2.75, 3.05) is 52.5 Å². The van der Waals surface area contributed by atoms with Crippen LogP contribution in [0.5, 0.6) is 0 Å². The second-order valence-electron chi connectivity index (χ2n) is 6.68. The molecule has 27 heavy (non-hydrogen) atoms. The molecule has 0 saturated carbocycles. The van der Waals surface area contributed by atoms with E-state index in [1.165, 1.54) is 11.1 Å². The Morgan fingerprint density at radius 1 is 1.37 bits per heavy atom. The maximum absolute atomic E-state index is 11.6. The summed E-state index contributed by atoms with van der Waals surface area (Å²) >= 11 is 5.55. The maximum Gasteiger partial charge on any atom is 0.325 e. The number of esters is 1. The zero-order valence-corrected chi connectivity index (χ0v) is 17.2. The van der Waals surface area contributed by atoms with Crippen LogP contribution in [0.3, 0.4) is 0 Å². The lowest BCUT2D eigenvalue weighted by atomic mass is 10.1. The van der Waals surface area contributed by atoms with Gasteiger partial charge in [-0.1, -0.05) is 29.8 Å². The number of morpholine rings is 1. The molecular weight excluding hydrogens is 362 g/mol. The van der Waals surface area contributed by atoms with Gasteiger partial charge in [-0.25, -0.2) is 0 Å². The second-order valence-corrected chi connectivity index (χ2v) is 7.07. The molecule has 150 valence electrons. The van der Waals surface area contributed by atoms with E-state index in [0.717, 1.165) is 52.4 Å². The summed E-state index contributed by atoms with van der Waals surface area (Å²) in [5, 5.41) is 3.63. The van der Waals surface area contributed by atoms with E-state index in [9.17, 15) is 4.79 Å². The topological polar surface area (TPSA) is 54.0 Å². The van der Waals surface area contributed by atoms with Crippen molar-refractivity contribution in [3.63, 3.8) is 0 Å². The van der Waals surface area contributed by atoms with E-state index in [1.54, 1.807) is 6.92 Å². The van der Waals surface area contributed by atoms with Crippen LogP contribution in [-0.4, -0.2) is 73.4 Å². The molecule has 1 saturated heterocycles. The van der Waals surface area contributed by atoms with Crippen molar-refractivity contribution in [1.29, 1.82) is 0 Å². The molecule has 6 nitrogen and oxygen atoms in total. The fourth-order valence-electron chi connectivity index (χ4n) is 3.06. The van der Waals surface area contributed by atoms with Crippen molar-refractivity contribution in [2.24, 2.45) is 0 Å². The Morgan fingerprint density at radius 3 is 2.85 bits per heavy atom. The predicted molar refractivity (Wildman–Crippen MR) is 111 cm³/mol. The first kappa shape index (κ1) is 21.6.